The predicted octanol–water partition coefficient (Wildman–Crippen LogP) is 1.98. The zero-order valence-electron chi connectivity index (χ0n) is 10.2. The summed E-state index contributed by atoms with van der Waals surface area (Å²) in [5, 5.41) is 7.38. The molecular formula is C13H17N3O. The van der Waals surface area contributed by atoms with Gasteiger partial charge in [-0.2, -0.15) is 5.10 Å². The van der Waals surface area contributed by atoms with Crippen molar-refractivity contribution >= 4 is 17.3 Å². The molecule has 0 aliphatic carbocycles. The van der Waals surface area contributed by atoms with E-state index in [1.165, 1.54) is 0 Å². The highest BCUT2D eigenvalue weighted by atomic mass is 16.2. The summed E-state index contributed by atoms with van der Waals surface area (Å²) in [7, 11) is 0. The Morgan fingerprint density at radius 2 is 2.12 bits per heavy atom. The Kier molecular flexibility index (Phi) is 3.42. The Hall–Kier alpha value is -1.84. The second-order valence-corrected chi connectivity index (χ2v) is 4.24. The normalized spacial score (nSPS) is 19.5. The van der Waals surface area contributed by atoms with Gasteiger partial charge >= 0.3 is 0 Å². The number of amides is 1. The Balaban J connectivity index is 2.19. The molecule has 1 heterocycles. The van der Waals surface area contributed by atoms with Crippen LogP contribution in [-0.4, -0.2) is 18.2 Å². The molecule has 1 aliphatic rings. The van der Waals surface area contributed by atoms with Crippen molar-refractivity contribution in [3.63, 3.8) is 0 Å². The van der Waals surface area contributed by atoms with Gasteiger partial charge in [-0.3, -0.25) is 4.79 Å². The third-order valence-corrected chi connectivity index (χ3v) is 2.82. The lowest BCUT2D eigenvalue weighted by atomic mass is 9.94. The maximum atomic E-state index is 11.2. The summed E-state index contributed by atoms with van der Waals surface area (Å²) in [5.41, 5.74) is 5.66. The number of hydrogen-bond acceptors (Lipinski definition) is 3. The average molecular weight is 231 g/mol. The van der Waals surface area contributed by atoms with Crippen molar-refractivity contribution in [2.45, 2.75) is 20.3 Å². The van der Waals surface area contributed by atoms with Crippen molar-refractivity contribution in [1.82, 2.24) is 5.43 Å². The number of hydrazone groups is 1. The second-order valence-electron chi connectivity index (χ2n) is 4.24. The second kappa shape index (κ2) is 4.99. The fourth-order valence-electron chi connectivity index (χ4n) is 1.97. The summed E-state index contributed by atoms with van der Waals surface area (Å²) in [6.45, 7) is 5.00. The minimum absolute atomic E-state index is 0.00878. The lowest BCUT2D eigenvalue weighted by Gasteiger charge is -2.19. The molecule has 0 radical (unpaired) electrons. The summed E-state index contributed by atoms with van der Waals surface area (Å²) in [6.07, 6.45) is 0.508. The number of rotatable bonds is 3. The first-order valence-electron chi connectivity index (χ1n) is 5.91. The smallest absolute Gasteiger partial charge is 0.240 e. The number of carbonyl (C=O) groups excluding carboxylic acids is 1. The molecule has 4 nitrogen and oxygen atoms in total. The molecule has 17 heavy (non-hydrogen) atoms. The molecule has 90 valence electrons. The SMILES string of the molecule is CCNc1ccc(C2=NNC(=O)C[C@H]2C)cc1. The third-order valence-electron chi connectivity index (χ3n) is 2.82. The van der Waals surface area contributed by atoms with E-state index < -0.39 is 0 Å². The van der Waals surface area contributed by atoms with E-state index in [0.717, 1.165) is 23.5 Å². The van der Waals surface area contributed by atoms with Gasteiger partial charge in [0, 0.05) is 24.6 Å². The molecule has 1 aliphatic heterocycles. The van der Waals surface area contributed by atoms with E-state index in [-0.39, 0.29) is 11.8 Å². The fraction of sp³-hybridized carbons (Fsp3) is 0.385. The van der Waals surface area contributed by atoms with Crippen LogP contribution in [0.2, 0.25) is 0 Å². The Morgan fingerprint density at radius 1 is 1.41 bits per heavy atom. The van der Waals surface area contributed by atoms with E-state index in [0.29, 0.717) is 6.42 Å². The van der Waals surface area contributed by atoms with Gasteiger partial charge in [0.25, 0.3) is 0 Å². The summed E-state index contributed by atoms with van der Waals surface area (Å²) in [5.74, 6) is 0.166. The Morgan fingerprint density at radius 3 is 2.71 bits per heavy atom. The van der Waals surface area contributed by atoms with Crippen LogP contribution >= 0.6 is 0 Å². The molecule has 0 spiro atoms. The van der Waals surface area contributed by atoms with Gasteiger partial charge in [-0.1, -0.05) is 19.1 Å². The molecule has 0 saturated heterocycles. The van der Waals surface area contributed by atoms with E-state index in [2.05, 4.69) is 22.8 Å². The number of nitrogens with zero attached hydrogens (tertiary/aromatic N) is 1. The molecule has 2 rings (SSSR count). The van der Waals surface area contributed by atoms with Crippen molar-refractivity contribution in [3.05, 3.63) is 29.8 Å². The standard InChI is InChI=1S/C13H17N3O/c1-3-14-11-6-4-10(5-7-11)13-9(2)8-12(17)15-16-13/h4-7,9,14H,3,8H2,1-2H3,(H,15,17)/t9-/m1/s1. The molecule has 1 aromatic rings. The van der Waals surface area contributed by atoms with Crippen LogP contribution in [0.1, 0.15) is 25.8 Å². The van der Waals surface area contributed by atoms with Gasteiger partial charge in [-0.15, -0.1) is 0 Å². The number of carbonyl (C=O) groups is 1. The maximum absolute atomic E-state index is 11.2. The van der Waals surface area contributed by atoms with Crippen molar-refractivity contribution < 1.29 is 4.79 Å². The van der Waals surface area contributed by atoms with E-state index in [4.69, 9.17) is 0 Å². The van der Waals surface area contributed by atoms with E-state index in [1.54, 1.807) is 0 Å². The monoisotopic (exact) mass is 231 g/mol. The molecule has 0 aromatic heterocycles. The van der Waals surface area contributed by atoms with Crippen LogP contribution in [-0.2, 0) is 4.79 Å². The number of benzene rings is 1. The number of anilines is 1. The highest BCUT2D eigenvalue weighted by Crippen LogP contribution is 2.18. The van der Waals surface area contributed by atoms with Crippen LogP contribution < -0.4 is 10.7 Å². The topological polar surface area (TPSA) is 53.5 Å². The molecule has 1 amide bonds. The first-order valence-corrected chi connectivity index (χ1v) is 5.91. The third kappa shape index (κ3) is 2.64. The van der Waals surface area contributed by atoms with Crippen LogP contribution in [0.25, 0.3) is 0 Å². The van der Waals surface area contributed by atoms with Crippen LogP contribution in [0.5, 0.6) is 0 Å². The van der Waals surface area contributed by atoms with Crippen LogP contribution in [0.3, 0.4) is 0 Å². The van der Waals surface area contributed by atoms with Gasteiger partial charge in [0.2, 0.25) is 5.91 Å². The largest absolute Gasteiger partial charge is 0.385 e. The number of hydrogen-bond donors (Lipinski definition) is 2. The van der Waals surface area contributed by atoms with Crippen LogP contribution in [0.15, 0.2) is 29.4 Å². The quantitative estimate of drug-likeness (QED) is 0.835. The van der Waals surface area contributed by atoms with Gasteiger partial charge < -0.3 is 5.32 Å². The molecular weight excluding hydrogens is 214 g/mol. The Labute approximate surface area is 101 Å². The van der Waals surface area contributed by atoms with Gasteiger partial charge in [0.15, 0.2) is 0 Å². The van der Waals surface area contributed by atoms with Crippen molar-refractivity contribution in [2.75, 3.05) is 11.9 Å². The van der Waals surface area contributed by atoms with Crippen LogP contribution in [0.4, 0.5) is 5.69 Å². The predicted molar refractivity (Wildman–Crippen MR) is 69.1 cm³/mol. The summed E-state index contributed by atoms with van der Waals surface area (Å²) >= 11 is 0. The minimum Gasteiger partial charge on any atom is -0.385 e. The molecule has 0 saturated carbocycles. The highest BCUT2D eigenvalue weighted by molar-refractivity contribution is 6.05. The number of nitrogens with one attached hydrogen (secondary N) is 2. The summed E-state index contributed by atoms with van der Waals surface area (Å²) < 4.78 is 0. The molecule has 2 N–H and O–H groups in total. The molecule has 4 heteroatoms. The average Bonchev–Trinajstić information content (AvgIpc) is 2.31. The van der Waals surface area contributed by atoms with Crippen molar-refractivity contribution in [2.24, 2.45) is 11.0 Å². The molecule has 0 bridgehead atoms. The van der Waals surface area contributed by atoms with E-state index in [9.17, 15) is 4.79 Å². The first-order chi connectivity index (χ1) is 8.20. The molecule has 0 unspecified atom stereocenters. The van der Waals surface area contributed by atoms with Gasteiger partial charge in [-0.05, 0) is 24.6 Å². The van der Waals surface area contributed by atoms with Gasteiger partial charge in [0.1, 0.15) is 0 Å². The van der Waals surface area contributed by atoms with E-state index >= 15 is 0 Å². The lowest BCUT2D eigenvalue weighted by Crippen LogP contribution is -2.31. The first kappa shape index (κ1) is 11.6. The van der Waals surface area contributed by atoms with E-state index in [1.807, 2.05) is 31.2 Å². The zero-order valence-corrected chi connectivity index (χ0v) is 10.2. The Bertz CT molecular complexity index is 436. The van der Waals surface area contributed by atoms with Crippen molar-refractivity contribution in [1.29, 1.82) is 0 Å². The zero-order chi connectivity index (χ0) is 12.3. The van der Waals surface area contributed by atoms with Gasteiger partial charge in [0.05, 0.1) is 5.71 Å². The fourth-order valence-corrected chi connectivity index (χ4v) is 1.97. The molecule has 1 aromatic carbocycles. The maximum Gasteiger partial charge on any atom is 0.240 e. The molecule has 1 atom stereocenters. The van der Waals surface area contributed by atoms with Crippen molar-refractivity contribution in [3.8, 4) is 0 Å². The summed E-state index contributed by atoms with van der Waals surface area (Å²) in [6, 6.07) is 8.13. The van der Waals surface area contributed by atoms with Crippen LogP contribution in [0, 0.1) is 5.92 Å². The lowest BCUT2D eigenvalue weighted by molar-refractivity contribution is -0.121. The van der Waals surface area contributed by atoms with Gasteiger partial charge in [-0.25, -0.2) is 5.43 Å². The molecule has 0 fully saturated rings. The minimum atomic E-state index is -0.00878. The highest BCUT2D eigenvalue weighted by Gasteiger charge is 2.21. The summed E-state index contributed by atoms with van der Waals surface area (Å²) in [4.78, 5) is 11.2.